The van der Waals surface area contributed by atoms with Crippen LogP contribution in [0.25, 0.3) is 16.6 Å². The molecule has 3 aromatic rings. The van der Waals surface area contributed by atoms with Crippen molar-refractivity contribution in [1.82, 2.24) is 14.5 Å². The highest BCUT2D eigenvalue weighted by Gasteiger charge is 2.12. The number of aromatic nitrogens is 3. The lowest BCUT2D eigenvalue weighted by atomic mass is 10.3. The summed E-state index contributed by atoms with van der Waals surface area (Å²) in [6, 6.07) is 7.21. The van der Waals surface area contributed by atoms with Crippen molar-refractivity contribution >= 4 is 28.5 Å². The summed E-state index contributed by atoms with van der Waals surface area (Å²) in [5.74, 6) is 0.665. The van der Waals surface area contributed by atoms with Gasteiger partial charge in [-0.1, -0.05) is 11.6 Å². The second-order valence-corrected chi connectivity index (χ2v) is 4.76. The van der Waals surface area contributed by atoms with E-state index in [0.717, 1.165) is 12.2 Å². The third-order valence-electron chi connectivity index (χ3n) is 2.98. The molecule has 0 bridgehead atoms. The lowest BCUT2D eigenvalue weighted by molar-refractivity contribution is 0.448. The topological polar surface area (TPSA) is 63.0 Å². The Morgan fingerprint density at radius 3 is 2.75 bits per heavy atom. The average Bonchev–Trinajstić information content (AvgIpc) is 2.77. The van der Waals surface area contributed by atoms with Gasteiger partial charge in [-0.2, -0.15) is 0 Å². The number of aromatic hydroxyl groups is 1. The second kappa shape index (κ2) is 5.02. The molecule has 0 fully saturated rings. The normalized spacial score (nSPS) is 10.9. The minimum Gasteiger partial charge on any atom is -0.494 e. The molecule has 0 saturated heterocycles. The molecule has 1 aromatic carbocycles. The number of nitrogens with one attached hydrogen (secondary N) is 1. The number of hydrogen-bond donors (Lipinski definition) is 2. The van der Waals surface area contributed by atoms with E-state index in [9.17, 15) is 5.11 Å². The summed E-state index contributed by atoms with van der Waals surface area (Å²) in [5.41, 5.74) is 1.50. The molecular weight excluding hydrogens is 276 g/mol. The molecule has 0 atom stereocenters. The lowest BCUT2D eigenvalue weighted by Crippen LogP contribution is -2.00. The first kappa shape index (κ1) is 12.7. The number of halogens is 1. The minimum absolute atomic E-state index is 0.116. The van der Waals surface area contributed by atoms with Crippen molar-refractivity contribution < 1.29 is 5.11 Å². The van der Waals surface area contributed by atoms with Gasteiger partial charge in [0.2, 0.25) is 11.8 Å². The van der Waals surface area contributed by atoms with Crippen LogP contribution in [0.5, 0.6) is 5.88 Å². The molecule has 3 rings (SSSR count). The van der Waals surface area contributed by atoms with E-state index in [-0.39, 0.29) is 5.88 Å². The van der Waals surface area contributed by atoms with E-state index in [1.165, 1.54) is 0 Å². The predicted molar refractivity (Wildman–Crippen MR) is 79.7 cm³/mol. The fourth-order valence-corrected chi connectivity index (χ4v) is 2.15. The molecule has 0 spiro atoms. The van der Waals surface area contributed by atoms with Gasteiger partial charge in [-0.25, -0.2) is 9.97 Å². The first-order chi connectivity index (χ1) is 9.69. The smallest absolute Gasteiger partial charge is 0.223 e. The molecule has 6 heteroatoms. The van der Waals surface area contributed by atoms with Crippen molar-refractivity contribution in [2.45, 2.75) is 6.92 Å². The Hall–Kier alpha value is -2.27. The molecule has 102 valence electrons. The van der Waals surface area contributed by atoms with Crippen molar-refractivity contribution in [3.05, 3.63) is 41.7 Å². The highest BCUT2D eigenvalue weighted by Crippen LogP contribution is 2.29. The van der Waals surface area contributed by atoms with Gasteiger partial charge in [-0.05, 0) is 31.2 Å². The number of rotatable bonds is 3. The van der Waals surface area contributed by atoms with E-state index in [2.05, 4.69) is 15.3 Å². The van der Waals surface area contributed by atoms with Crippen molar-refractivity contribution in [3.63, 3.8) is 0 Å². The van der Waals surface area contributed by atoms with Crippen molar-refractivity contribution in [2.75, 3.05) is 11.9 Å². The monoisotopic (exact) mass is 288 g/mol. The minimum atomic E-state index is 0.116. The summed E-state index contributed by atoms with van der Waals surface area (Å²) in [7, 11) is 0. The van der Waals surface area contributed by atoms with Gasteiger partial charge >= 0.3 is 0 Å². The van der Waals surface area contributed by atoms with E-state index in [1.807, 2.05) is 19.1 Å². The van der Waals surface area contributed by atoms with Crippen LogP contribution in [0.4, 0.5) is 5.95 Å². The zero-order valence-electron chi connectivity index (χ0n) is 10.8. The molecule has 0 unspecified atom stereocenters. The van der Waals surface area contributed by atoms with Gasteiger partial charge < -0.3 is 10.4 Å². The first-order valence-corrected chi connectivity index (χ1v) is 6.63. The maximum Gasteiger partial charge on any atom is 0.223 e. The number of nitrogens with zero attached hydrogens (tertiary/aromatic N) is 3. The van der Waals surface area contributed by atoms with E-state index in [1.54, 1.807) is 29.1 Å². The van der Waals surface area contributed by atoms with Crippen LogP contribution < -0.4 is 5.32 Å². The molecule has 0 amide bonds. The maximum absolute atomic E-state index is 10.3. The van der Waals surface area contributed by atoms with Gasteiger partial charge in [0.25, 0.3) is 0 Å². The van der Waals surface area contributed by atoms with Crippen LogP contribution in [-0.2, 0) is 0 Å². The quantitative estimate of drug-likeness (QED) is 0.777. The average molecular weight is 289 g/mol. The summed E-state index contributed by atoms with van der Waals surface area (Å²) in [6.07, 6.45) is 3.39. The summed E-state index contributed by atoms with van der Waals surface area (Å²) in [5, 5.41) is 14.6. The number of hydrogen-bond acceptors (Lipinski definition) is 4. The highest BCUT2D eigenvalue weighted by atomic mass is 35.5. The lowest BCUT2D eigenvalue weighted by Gasteiger charge is -2.04. The Morgan fingerprint density at radius 1 is 1.30 bits per heavy atom. The Morgan fingerprint density at radius 2 is 2.05 bits per heavy atom. The Labute approximate surface area is 120 Å². The van der Waals surface area contributed by atoms with Crippen molar-refractivity contribution in [1.29, 1.82) is 0 Å². The van der Waals surface area contributed by atoms with E-state index in [4.69, 9.17) is 11.6 Å². The van der Waals surface area contributed by atoms with E-state index >= 15 is 0 Å². The Kier molecular flexibility index (Phi) is 3.20. The zero-order chi connectivity index (χ0) is 14.1. The Balaban J connectivity index is 2.12. The summed E-state index contributed by atoms with van der Waals surface area (Å²) >= 11 is 5.87. The van der Waals surface area contributed by atoms with Crippen LogP contribution >= 0.6 is 11.6 Å². The molecule has 0 saturated carbocycles. The summed E-state index contributed by atoms with van der Waals surface area (Å²) < 4.78 is 1.66. The van der Waals surface area contributed by atoms with Gasteiger partial charge in [0.1, 0.15) is 0 Å². The van der Waals surface area contributed by atoms with Gasteiger partial charge in [0.05, 0.1) is 10.9 Å². The van der Waals surface area contributed by atoms with Gasteiger partial charge in [0.15, 0.2) is 0 Å². The second-order valence-electron chi connectivity index (χ2n) is 4.32. The molecule has 2 heterocycles. The molecule has 0 radical (unpaired) electrons. The maximum atomic E-state index is 10.3. The van der Waals surface area contributed by atoms with Gasteiger partial charge in [-0.15, -0.1) is 0 Å². The molecule has 5 nitrogen and oxygen atoms in total. The Bertz CT molecular complexity index is 752. The molecule has 2 aromatic heterocycles. The summed E-state index contributed by atoms with van der Waals surface area (Å²) in [4.78, 5) is 8.52. The summed E-state index contributed by atoms with van der Waals surface area (Å²) in [6.45, 7) is 2.72. The zero-order valence-corrected chi connectivity index (χ0v) is 11.6. The van der Waals surface area contributed by atoms with Gasteiger partial charge in [-0.3, -0.25) is 4.57 Å². The van der Waals surface area contributed by atoms with Crippen molar-refractivity contribution in [2.24, 2.45) is 0 Å². The number of fused-ring (bicyclic) bond motifs is 1. The number of anilines is 1. The molecule has 20 heavy (non-hydrogen) atoms. The third kappa shape index (κ3) is 2.16. The van der Waals surface area contributed by atoms with Crippen LogP contribution in [0.2, 0.25) is 5.02 Å². The van der Waals surface area contributed by atoms with Crippen LogP contribution in [0.15, 0.2) is 36.7 Å². The largest absolute Gasteiger partial charge is 0.494 e. The highest BCUT2D eigenvalue weighted by molar-refractivity contribution is 6.30. The molecule has 0 aliphatic carbocycles. The number of benzene rings is 1. The van der Waals surface area contributed by atoms with Crippen molar-refractivity contribution in [3.8, 4) is 11.6 Å². The van der Waals surface area contributed by atoms with Gasteiger partial charge in [0, 0.05) is 29.6 Å². The molecular formula is C14H13ClN4O. The first-order valence-electron chi connectivity index (χ1n) is 6.26. The fraction of sp³-hybridized carbons (Fsp3) is 0.143. The molecule has 2 N–H and O–H groups in total. The SMILES string of the molecule is CCNc1ncc2c(O)n(-c3ccc(Cl)cc3)cc2n1. The van der Waals surface area contributed by atoms with Crippen LogP contribution in [-0.4, -0.2) is 26.2 Å². The van der Waals surface area contributed by atoms with E-state index < -0.39 is 0 Å². The third-order valence-corrected chi connectivity index (χ3v) is 3.23. The fourth-order valence-electron chi connectivity index (χ4n) is 2.02. The predicted octanol–water partition coefficient (Wildman–Crippen LogP) is 3.21. The van der Waals surface area contributed by atoms with Crippen LogP contribution in [0, 0.1) is 0 Å². The molecule has 0 aliphatic rings. The van der Waals surface area contributed by atoms with E-state index in [0.29, 0.717) is 21.9 Å². The molecule has 0 aliphatic heterocycles. The van der Waals surface area contributed by atoms with Crippen LogP contribution in [0.1, 0.15) is 6.92 Å². The van der Waals surface area contributed by atoms with Crippen LogP contribution in [0.3, 0.4) is 0 Å². The standard InChI is InChI=1S/C14H13ClN4O/c1-2-16-14-17-7-11-12(18-14)8-19(13(11)20)10-5-3-9(15)4-6-10/h3-8,20H,2H2,1H3,(H,16,18).